The van der Waals surface area contributed by atoms with Crippen LogP contribution in [0, 0.1) is 12.8 Å². The molecule has 27 heavy (non-hydrogen) atoms. The van der Waals surface area contributed by atoms with Gasteiger partial charge in [-0.1, -0.05) is 19.1 Å². The summed E-state index contributed by atoms with van der Waals surface area (Å²) in [5, 5.41) is 11.7. The fourth-order valence-electron chi connectivity index (χ4n) is 4.17. The van der Waals surface area contributed by atoms with Crippen molar-refractivity contribution in [2.24, 2.45) is 5.92 Å². The highest BCUT2D eigenvalue weighted by Crippen LogP contribution is 2.31. The molecule has 0 aliphatic carbocycles. The second-order valence-electron chi connectivity index (χ2n) is 8.51. The summed E-state index contributed by atoms with van der Waals surface area (Å²) in [6, 6.07) is 8.81. The summed E-state index contributed by atoms with van der Waals surface area (Å²) in [5.41, 5.74) is 3.03. The van der Waals surface area contributed by atoms with Crippen molar-refractivity contribution in [3.8, 4) is 0 Å². The fraction of sp³-hybridized carbons (Fsp3) is 0.591. The molecule has 5 heteroatoms. The molecule has 0 bridgehead atoms. The van der Waals surface area contributed by atoms with E-state index in [1.807, 2.05) is 6.92 Å². The molecule has 1 aromatic heterocycles. The zero-order valence-electron chi connectivity index (χ0n) is 16.7. The Balaban J connectivity index is 1.66. The fourth-order valence-corrected chi connectivity index (χ4v) is 4.17. The number of hydrogen-bond donors (Lipinski definition) is 1. The second-order valence-corrected chi connectivity index (χ2v) is 8.51. The maximum absolute atomic E-state index is 10.5. The summed E-state index contributed by atoms with van der Waals surface area (Å²) in [6.45, 7) is 12.3. The lowest BCUT2D eigenvalue weighted by Crippen LogP contribution is -2.48. The molecule has 2 fully saturated rings. The van der Waals surface area contributed by atoms with Crippen LogP contribution >= 0.6 is 0 Å². The molecule has 2 saturated heterocycles. The molecule has 0 unspecified atom stereocenters. The van der Waals surface area contributed by atoms with E-state index in [0.29, 0.717) is 0 Å². The Morgan fingerprint density at radius 2 is 2.00 bits per heavy atom. The van der Waals surface area contributed by atoms with E-state index in [0.717, 1.165) is 63.7 Å². The summed E-state index contributed by atoms with van der Waals surface area (Å²) in [4.78, 5) is 9.89. The van der Waals surface area contributed by atoms with E-state index in [4.69, 9.17) is 9.72 Å². The summed E-state index contributed by atoms with van der Waals surface area (Å²) < 4.78 is 5.55. The predicted octanol–water partition coefficient (Wildman–Crippen LogP) is 2.97. The summed E-state index contributed by atoms with van der Waals surface area (Å²) in [5.74, 6) is 1.37. The molecular formula is C22H31N3O2. The third-order valence-electron chi connectivity index (χ3n) is 6.26. The molecule has 0 spiro atoms. The van der Waals surface area contributed by atoms with Crippen molar-refractivity contribution < 1.29 is 9.84 Å². The molecule has 146 valence electrons. The number of likely N-dealkylation sites (tertiary alicyclic amines) is 1. The highest BCUT2D eigenvalue weighted by molar-refractivity contribution is 5.82. The van der Waals surface area contributed by atoms with Crippen molar-refractivity contribution in [3.63, 3.8) is 0 Å². The van der Waals surface area contributed by atoms with Crippen molar-refractivity contribution >= 4 is 16.7 Å². The third-order valence-corrected chi connectivity index (χ3v) is 6.26. The lowest BCUT2D eigenvalue weighted by molar-refractivity contribution is -0.0523. The average molecular weight is 370 g/mol. The molecule has 2 aromatic rings. The van der Waals surface area contributed by atoms with Gasteiger partial charge >= 0.3 is 0 Å². The molecule has 4 rings (SSSR count). The van der Waals surface area contributed by atoms with Crippen molar-refractivity contribution in [2.45, 2.75) is 39.3 Å². The van der Waals surface area contributed by atoms with E-state index in [1.165, 1.54) is 16.5 Å². The number of pyridine rings is 1. The average Bonchev–Trinajstić information content (AvgIpc) is 2.65. The monoisotopic (exact) mass is 369 g/mol. The molecule has 5 nitrogen and oxygen atoms in total. The Hall–Kier alpha value is -1.69. The van der Waals surface area contributed by atoms with E-state index in [-0.39, 0.29) is 5.92 Å². The van der Waals surface area contributed by atoms with Crippen molar-refractivity contribution in [1.82, 2.24) is 9.88 Å². The molecule has 2 aliphatic rings. The Morgan fingerprint density at radius 3 is 2.74 bits per heavy atom. The van der Waals surface area contributed by atoms with Gasteiger partial charge in [0.15, 0.2) is 0 Å². The summed E-state index contributed by atoms with van der Waals surface area (Å²) in [6.07, 6.45) is 0.821. The number of aliphatic hydroxyl groups is 1. The molecule has 0 amide bonds. The summed E-state index contributed by atoms with van der Waals surface area (Å²) in [7, 11) is 0. The number of benzene rings is 1. The molecule has 0 radical (unpaired) electrons. The number of ether oxygens (including phenoxy) is 1. The quantitative estimate of drug-likeness (QED) is 0.901. The van der Waals surface area contributed by atoms with Crippen molar-refractivity contribution in [1.29, 1.82) is 0 Å². The molecular weight excluding hydrogens is 338 g/mol. The number of piperidine rings is 1. The number of nitrogens with zero attached hydrogens (tertiary/aromatic N) is 3. The maximum Gasteiger partial charge on any atom is 0.133 e. The molecule has 2 aliphatic heterocycles. The minimum absolute atomic E-state index is 0.272. The zero-order valence-corrected chi connectivity index (χ0v) is 16.7. The lowest BCUT2D eigenvalue weighted by atomic mass is 9.84. The first-order valence-electron chi connectivity index (χ1n) is 10.1. The molecule has 3 heterocycles. The molecule has 2 atom stereocenters. The van der Waals surface area contributed by atoms with Gasteiger partial charge in [-0.25, -0.2) is 4.98 Å². The van der Waals surface area contributed by atoms with Gasteiger partial charge in [-0.2, -0.15) is 0 Å². The Labute approximate surface area is 161 Å². The van der Waals surface area contributed by atoms with Crippen LogP contribution in [0.2, 0.25) is 0 Å². The SMILES string of the molecule is Cc1ccc2cc(CN3CC[C@](C)(O)[C@H](C)C3)c(N3CCOCC3)nc2c1. The number of rotatable bonds is 3. The van der Waals surface area contributed by atoms with Gasteiger partial charge in [0.25, 0.3) is 0 Å². The minimum atomic E-state index is -0.553. The van der Waals surface area contributed by atoms with Crippen molar-refractivity contribution in [3.05, 3.63) is 35.4 Å². The smallest absolute Gasteiger partial charge is 0.133 e. The van der Waals surface area contributed by atoms with Crippen molar-refractivity contribution in [2.75, 3.05) is 44.3 Å². The van der Waals surface area contributed by atoms with Crippen LogP contribution < -0.4 is 4.90 Å². The summed E-state index contributed by atoms with van der Waals surface area (Å²) >= 11 is 0. The first kappa shape index (κ1) is 18.7. The molecule has 1 aromatic carbocycles. The first-order valence-corrected chi connectivity index (χ1v) is 10.1. The van der Waals surface area contributed by atoms with Crippen LogP contribution in [-0.2, 0) is 11.3 Å². The molecule has 0 saturated carbocycles. The van der Waals surface area contributed by atoms with E-state index in [2.05, 4.69) is 47.9 Å². The highest BCUT2D eigenvalue weighted by atomic mass is 16.5. The van der Waals surface area contributed by atoms with Gasteiger partial charge in [0.1, 0.15) is 5.82 Å². The maximum atomic E-state index is 10.5. The van der Waals surface area contributed by atoms with Gasteiger partial charge in [0.2, 0.25) is 0 Å². The number of morpholine rings is 1. The van der Waals surface area contributed by atoms with E-state index in [1.54, 1.807) is 0 Å². The Kier molecular flexibility index (Phi) is 5.10. The third kappa shape index (κ3) is 3.96. The van der Waals surface area contributed by atoms with Crippen LogP contribution in [0.25, 0.3) is 10.9 Å². The van der Waals surface area contributed by atoms with E-state index < -0.39 is 5.60 Å². The zero-order chi connectivity index (χ0) is 19.0. The highest BCUT2D eigenvalue weighted by Gasteiger charge is 2.34. The number of aryl methyl sites for hydroxylation is 1. The number of aromatic nitrogens is 1. The van der Waals surface area contributed by atoms with Gasteiger partial charge in [-0.15, -0.1) is 0 Å². The first-order chi connectivity index (χ1) is 12.9. The predicted molar refractivity (Wildman–Crippen MR) is 109 cm³/mol. The standard InChI is InChI=1S/C22H31N3O2/c1-16-4-5-18-13-19(15-24-7-6-22(3,26)17(2)14-24)21(23-20(18)12-16)25-8-10-27-11-9-25/h4-5,12-13,17,26H,6-11,14-15H2,1-3H3/t17-,22+/m1/s1. The van der Waals surface area contributed by atoms with Crippen LogP contribution in [0.5, 0.6) is 0 Å². The Bertz CT molecular complexity index is 815. The van der Waals surface area contributed by atoms with Gasteiger partial charge in [0, 0.05) is 43.7 Å². The van der Waals surface area contributed by atoms with Gasteiger partial charge in [-0.05, 0) is 43.9 Å². The van der Waals surface area contributed by atoms with E-state index in [9.17, 15) is 5.11 Å². The van der Waals surface area contributed by atoms with E-state index >= 15 is 0 Å². The Morgan fingerprint density at radius 1 is 1.22 bits per heavy atom. The van der Waals surface area contributed by atoms with Gasteiger partial charge in [0.05, 0.1) is 24.3 Å². The van der Waals surface area contributed by atoms with Crippen LogP contribution in [0.4, 0.5) is 5.82 Å². The van der Waals surface area contributed by atoms with Gasteiger partial charge < -0.3 is 14.7 Å². The number of anilines is 1. The topological polar surface area (TPSA) is 48.8 Å². The van der Waals surface area contributed by atoms with Crippen LogP contribution in [0.3, 0.4) is 0 Å². The largest absolute Gasteiger partial charge is 0.390 e. The van der Waals surface area contributed by atoms with Crippen LogP contribution in [-0.4, -0.2) is 60.0 Å². The van der Waals surface area contributed by atoms with Crippen LogP contribution in [0.1, 0.15) is 31.4 Å². The normalized spacial score (nSPS) is 27.3. The van der Waals surface area contributed by atoms with Gasteiger partial charge in [-0.3, -0.25) is 4.90 Å². The number of fused-ring (bicyclic) bond motifs is 1. The van der Waals surface area contributed by atoms with Crippen LogP contribution in [0.15, 0.2) is 24.3 Å². The lowest BCUT2D eigenvalue weighted by Gasteiger charge is -2.41. The number of hydrogen-bond acceptors (Lipinski definition) is 5. The minimum Gasteiger partial charge on any atom is -0.390 e. The second kappa shape index (κ2) is 7.38. The molecule has 1 N–H and O–H groups in total.